The summed E-state index contributed by atoms with van der Waals surface area (Å²) in [5.41, 5.74) is -1.56. The van der Waals surface area contributed by atoms with Gasteiger partial charge in [0.1, 0.15) is 6.26 Å². The number of rotatable bonds is 4. The number of carboxylic acids is 1. The van der Waals surface area contributed by atoms with Crippen LogP contribution in [0.1, 0.15) is 10.5 Å². The molecular formula is C10H4F2N2O6. The highest BCUT2D eigenvalue weighted by atomic mass is 19.1. The minimum Gasteiger partial charge on any atom is -0.476 e. The van der Waals surface area contributed by atoms with Gasteiger partial charge in [0.05, 0.1) is 11.0 Å². The van der Waals surface area contributed by atoms with E-state index in [1.807, 2.05) is 0 Å². The van der Waals surface area contributed by atoms with Gasteiger partial charge in [-0.2, -0.15) is 9.37 Å². The normalized spacial score (nSPS) is 10.3. The van der Waals surface area contributed by atoms with Crippen LogP contribution in [0.25, 0.3) is 0 Å². The Kier molecular flexibility index (Phi) is 3.29. The number of oxazole rings is 1. The first-order valence-electron chi connectivity index (χ1n) is 4.88. The average molecular weight is 286 g/mol. The van der Waals surface area contributed by atoms with Crippen LogP contribution in [0.2, 0.25) is 0 Å². The van der Waals surface area contributed by atoms with Crippen molar-refractivity contribution in [3.8, 4) is 11.8 Å². The fourth-order valence-corrected chi connectivity index (χ4v) is 1.23. The van der Waals surface area contributed by atoms with Crippen LogP contribution in [0.5, 0.6) is 11.8 Å². The van der Waals surface area contributed by atoms with Crippen molar-refractivity contribution in [2.45, 2.75) is 0 Å². The molecule has 2 aromatic rings. The molecule has 20 heavy (non-hydrogen) atoms. The molecule has 0 aliphatic carbocycles. The van der Waals surface area contributed by atoms with Crippen LogP contribution in [-0.4, -0.2) is 21.0 Å². The topological polar surface area (TPSA) is 116 Å². The lowest BCUT2D eigenvalue weighted by molar-refractivity contribution is -0.387. The van der Waals surface area contributed by atoms with E-state index in [1.165, 1.54) is 0 Å². The van der Waals surface area contributed by atoms with Crippen LogP contribution >= 0.6 is 0 Å². The molecule has 0 saturated heterocycles. The molecule has 0 saturated carbocycles. The number of nitrogens with zero attached hydrogens (tertiary/aromatic N) is 2. The molecule has 0 aliphatic rings. The summed E-state index contributed by atoms with van der Waals surface area (Å²) in [6.45, 7) is 0. The smallest absolute Gasteiger partial charge is 0.400 e. The van der Waals surface area contributed by atoms with Crippen LogP contribution in [-0.2, 0) is 0 Å². The summed E-state index contributed by atoms with van der Waals surface area (Å²) in [4.78, 5) is 23.1. The molecule has 10 heteroatoms. The number of hydrogen-bond donors (Lipinski definition) is 1. The lowest BCUT2D eigenvalue weighted by Gasteiger charge is -2.02. The molecule has 0 atom stereocenters. The number of benzene rings is 1. The molecule has 1 heterocycles. The van der Waals surface area contributed by atoms with Crippen molar-refractivity contribution < 1.29 is 32.8 Å². The Morgan fingerprint density at radius 1 is 1.40 bits per heavy atom. The van der Waals surface area contributed by atoms with E-state index in [-0.39, 0.29) is 0 Å². The van der Waals surface area contributed by atoms with Crippen LogP contribution in [0.3, 0.4) is 0 Å². The molecule has 8 nitrogen and oxygen atoms in total. The minimum absolute atomic E-state index is 0.325. The highest BCUT2D eigenvalue weighted by Gasteiger charge is 2.21. The Labute approximate surface area is 108 Å². The zero-order valence-electron chi connectivity index (χ0n) is 9.37. The Balaban J connectivity index is 2.31. The number of ether oxygens (including phenoxy) is 1. The fraction of sp³-hybridized carbons (Fsp3) is 0. The maximum absolute atomic E-state index is 13.5. The maximum atomic E-state index is 13.5. The standard InChI is InChI=1S/C10H4F2N2O6/c11-4-2-8(5(12)1-7(4)14(17)18)20-10-13-6(3-19-10)9(15)16/h1-3H,(H,15,16). The van der Waals surface area contributed by atoms with E-state index in [9.17, 15) is 23.7 Å². The van der Waals surface area contributed by atoms with E-state index in [4.69, 9.17) is 5.11 Å². The van der Waals surface area contributed by atoms with Gasteiger partial charge < -0.3 is 14.3 Å². The molecule has 2 rings (SSSR count). The second kappa shape index (κ2) is 4.91. The molecule has 0 bridgehead atoms. The van der Waals surface area contributed by atoms with Gasteiger partial charge in [-0.3, -0.25) is 10.1 Å². The van der Waals surface area contributed by atoms with Gasteiger partial charge in [0.25, 0.3) is 0 Å². The van der Waals surface area contributed by atoms with Crippen LogP contribution in [0.15, 0.2) is 22.8 Å². The molecule has 0 radical (unpaired) electrons. The number of nitro benzene ring substituents is 1. The first kappa shape index (κ1) is 13.4. The van der Waals surface area contributed by atoms with Crippen LogP contribution in [0, 0.1) is 21.7 Å². The zero-order valence-corrected chi connectivity index (χ0v) is 9.37. The van der Waals surface area contributed by atoms with Gasteiger partial charge in [-0.15, -0.1) is 0 Å². The number of aromatic carboxylic acids is 1. The van der Waals surface area contributed by atoms with Crippen molar-refractivity contribution in [1.29, 1.82) is 0 Å². The van der Waals surface area contributed by atoms with Crippen molar-refractivity contribution in [1.82, 2.24) is 4.98 Å². The molecule has 1 aromatic carbocycles. The largest absolute Gasteiger partial charge is 0.476 e. The molecule has 0 amide bonds. The van der Waals surface area contributed by atoms with Gasteiger partial charge in [-0.25, -0.2) is 9.18 Å². The summed E-state index contributed by atoms with van der Waals surface area (Å²) in [5.74, 6) is -4.68. The monoisotopic (exact) mass is 286 g/mol. The molecule has 0 aliphatic heterocycles. The van der Waals surface area contributed by atoms with Crippen molar-refractivity contribution in [2.24, 2.45) is 0 Å². The summed E-state index contributed by atoms with van der Waals surface area (Å²) < 4.78 is 36.0. The Morgan fingerprint density at radius 3 is 2.65 bits per heavy atom. The predicted octanol–water partition coefficient (Wildman–Crippen LogP) is 2.35. The minimum atomic E-state index is -1.40. The Bertz CT molecular complexity index is 699. The zero-order chi connectivity index (χ0) is 14.9. The number of carbonyl (C=O) groups is 1. The summed E-state index contributed by atoms with van der Waals surface area (Å²) in [7, 11) is 0. The summed E-state index contributed by atoms with van der Waals surface area (Å²) in [5, 5.41) is 19.0. The van der Waals surface area contributed by atoms with Crippen LogP contribution in [0.4, 0.5) is 14.5 Å². The third-order valence-electron chi connectivity index (χ3n) is 2.10. The quantitative estimate of drug-likeness (QED) is 0.677. The second-order valence-corrected chi connectivity index (χ2v) is 3.40. The molecule has 104 valence electrons. The third kappa shape index (κ3) is 2.53. The Morgan fingerprint density at radius 2 is 2.10 bits per heavy atom. The van der Waals surface area contributed by atoms with E-state index < -0.39 is 45.7 Å². The van der Waals surface area contributed by atoms with Crippen LogP contribution < -0.4 is 4.74 Å². The highest BCUT2D eigenvalue weighted by molar-refractivity contribution is 5.84. The predicted molar refractivity (Wildman–Crippen MR) is 56.5 cm³/mol. The third-order valence-corrected chi connectivity index (χ3v) is 2.10. The lowest BCUT2D eigenvalue weighted by atomic mass is 10.3. The molecule has 0 fully saturated rings. The van der Waals surface area contributed by atoms with Gasteiger partial charge in [0, 0.05) is 6.07 Å². The molecule has 1 aromatic heterocycles. The molecular weight excluding hydrogens is 282 g/mol. The van der Waals surface area contributed by atoms with E-state index in [0.29, 0.717) is 12.1 Å². The second-order valence-electron chi connectivity index (χ2n) is 3.40. The van der Waals surface area contributed by atoms with E-state index in [2.05, 4.69) is 14.1 Å². The molecule has 1 N–H and O–H groups in total. The number of halogens is 2. The SMILES string of the molecule is O=C(O)c1coc(Oc2cc(F)c([N+](=O)[O-])cc2F)n1. The molecule has 0 spiro atoms. The van der Waals surface area contributed by atoms with E-state index >= 15 is 0 Å². The van der Waals surface area contributed by atoms with E-state index in [0.717, 1.165) is 6.26 Å². The molecule has 0 unspecified atom stereocenters. The number of nitro groups is 1. The van der Waals surface area contributed by atoms with E-state index in [1.54, 1.807) is 0 Å². The average Bonchev–Trinajstić information content (AvgIpc) is 2.81. The van der Waals surface area contributed by atoms with Gasteiger partial charge in [-0.05, 0) is 0 Å². The number of aromatic nitrogens is 1. The maximum Gasteiger partial charge on any atom is 0.400 e. The summed E-state index contributed by atoms with van der Waals surface area (Å²) >= 11 is 0. The van der Waals surface area contributed by atoms with Gasteiger partial charge in [0.15, 0.2) is 17.3 Å². The van der Waals surface area contributed by atoms with Gasteiger partial charge in [-0.1, -0.05) is 0 Å². The van der Waals surface area contributed by atoms with Crippen molar-refractivity contribution in [3.05, 3.63) is 45.8 Å². The summed E-state index contributed by atoms with van der Waals surface area (Å²) in [6.07, 6.45) is 0.0895. The summed E-state index contributed by atoms with van der Waals surface area (Å²) in [6, 6.07) is 0.754. The Hall–Kier alpha value is -3.04. The first-order valence-corrected chi connectivity index (χ1v) is 4.88. The van der Waals surface area contributed by atoms with Crippen molar-refractivity contribution in [3.63, 3.8) is 0 Å². The highest BCUT2D eigenvalue weighted by Crippen LogP contribution is 2.29. The van der Waals surface area contributed by atoms with Gasteiger partial charge >= 0.3 is 17.7 Å². The lowest BCUT2D eigenvalue weighted by Crippen LogP contribution is -1.98. The van der Waals surface area contributed by atoms with Crippen molar-refractivity contribution >= 4 is 11.7 Å². The number of carboxylic acid groups (broad SMARTS) is 1. The van der Waals surface area contributed by atoms with Gasteiger partial charge in [0.2, 0.25) is 5.82 Å². The number of hydrogen-bond acceptors (Lipinski definition) is 6. The fourth-order valence-electron chi connectivity index (χ4n) is 1.23. The van der Waals surface area contributed by atoms with Crippen molar-refractivity contribution in [2.75, 3.05) is 0 Å². The first-order chi connectivity index (χ1) is 9.38.